The van der Waals surface area contributed by atoms with E-state index in [-0.39, 0.29) is 17.6 Å². The molecule has 1 aliphatic heterocycles. The summed E-state index contributed by atoms with van der Waals surface area (Å²) in [6.07, 6.45) is -2.60. The smallest absolute Gasteiger partial charge is 0.417 e. The summed E-state index contributed by atoms with van der Waals surface area (Å²) in [5.74, 6) is -0.0351. The third-order valence-electron chi connectivity index (χ3n) is 4.61. The Labute approximate surface area is 163 Å². The molecule has 0 radical (unpaired) electrons. The Hall–Kier alpha value is -2.91. The molecule has 5 nitrogen and oxygen atoms in total. The molecule has 1 amide bonds. The maximum Gasteiger partial charge on any atom is 0.417 e. The standard InChI is InChI=1S/C19H18F5N3O2/c20-18(21)29-15-4-2-14(3-5-15)26-17(28)12-7-9-27(10-8-12)16-6-1-13(11-25-16)19(22,23)24/h1-6,11-12,18H,7-10H2,(H,26,28). The number of nitrogens with one attached hydrogen (secondary N) is 1. The number of benzene rings is 1. The lowest BCUT2D eigenvalue weighted by Crippen LogP contribution is -2.38. The zero-order valence-electron chi connectivity index (χ0n) is 15.1. The first kappa shape index (κ1) is 20.8. The Bertz CT molecular complexity index is 817. The van der Waals surface area contributed by atoms with E-state index in [0.29, 0.717) is 37.4 Å². The Morgan fingerprint density at radius 2 is 1.76 bits per heavy atom. The van der Waals surface area contributed by atoms with Gasteiger partial charge >= 0.3 is 12.8 Å². The van der Waals surface area contributed by atoms with Crippen LogP contribution in [-0.2, 0) is 11.0 Å². The summed E-state index contributed by atoms with van der Waals surface area (Å²) in [7, 11) is 0. The van der Waals surface area contributed by atoms with Gasteiger partial charge in [-0.15, -0.1) is 0 Å². The first-order valence-corrected chi connectivity index (χ1v) is 8.86. The van der Waals surface area contributed by atoms with Crippen LogP contribution < -0.4 is 15.0 Å². The van der Waals surface area contributed by atoms with Crippen LogP contribution in [0.4, 0.5) is 33.5 Å². The number of carbonyl (C=O) groups excluding carboxylic acids is 1. The number of halogens is 5. The van der Waals surface area contributed by atoms with Crippen LogP contribution in [0.3, 0.4) is 0 Å². The second-order valence-electron chi connectivity index (χ2n) is 6.56. The number of carbonyl (C=O) groups is 1. The fourth-order valence-corrected chi connectivity index (χ4v) is 3.08. The molecule has 1 aliphatic rings. The molecule has 0 saturated carbocycles. The van der Waals surface area contributed by atoms with Crippen molar-refractivity contribution in [1.29, 1.82) is 0 Å². The first-order chi connectivity index (χ1) is 13.7. The van der Waals surface area contributed by atoms with Crippen molar-refractivity contribution in [3.8, 4) is 5.75 Å². The average Bonchev–Trinajstić information content (AvgIpc) is 2.69. The maximum absolute atomic E-state index is 12.6. The summed E-state index contributed by atoms with van der Waals surface area (Å²) in [5, 5.41) is 2.73. The fourth-order valence-electron chi connectivity index (χ4n) is 3.08. The first-order valence-electron chi connectivity index (χ1n) is 8.86. The number of alkyl halides is 5. The zero-order chi connectivity index (χ0) is 21.0. The van der Waals surface area contributed by atoms with Gasteiger partial charge in [0.1, 0.15) is 11.6 Å². The van der Waals surface area contributed by atoms with Crippen molar-refractivity contribution in [1.82, 2.24) is 4.98 Å². The zero-order valence-corrected chi connectivity index (χ0v) is 15.1. The molecule has 156 valence electrons. The van der Waals surface area contributed by atoms with Crippen LogP contribution in [-0.4, -0.2) is 30.6 Å². The van der Waals surface area contributed by atoms with Gasteiger partial charge in [-0.3, -0.25) is 4.79 Å². The van der Waals surface area contributed by atoms with Gasteiger partial charge in [0.15, 0.2) is 0 Å². The van der Waals surface area contributed by atoms with Gasteiger partial charge in [-0.25, -0.2) is 4.98 Å². The summed E-state index contributed by atoms with van der Waals surface area (Å²) >= 11 is 0. The molecule has 3 rings (SSSR count). The molecule has 29 heavy (non-hydrogen) atoms. The molecule has 10 heteroatoms. The molecule has 0 atom stereocenters. The van der Waals surface area contributed by atoms with E-state index in [1.54, 1.807) is 0 Å². The number of amides is 1. The van der Waals surface area contributed by atoms with Crippen LogP contribution in [0, 0.1) is 5.92 Å². The van der Waals surface area contributed by atoms with E-state index < -0.39 is 18.4 Å². The number of ether oxygens (including phenoxy) is 1. The molecular weight excluding hydrogens is 397 g/mol. The van der Waals surface area contributed by atoms with Crippen molar-refractivity contribution in [3.63, 3.8) is 0 Å². The van der Waals surface area contributed by atoms with Gasteiger partial charge < -0.3 is 15.0 Å². The van der Waals surface area contributed by atoms with Crippen LogP contribution in [0.15, 0.2) is 42.6 Å². The Morgan fingerprint density at radius 1 is 1.10 bits per heavy atom. The van der Waals surface area contributed by atoms with Gasteiger partial charge in [-0.1, -0.05) is 0 Å². The number of pyridine rings is 1. The highest BCUT2D eigenvalue weighted by Gasteiger charge is 2.31. The second-order valence-corrected chi connectivity index (χ2v) is 6.56. The largest absolute Gasteiger partial charge is 0.435 e. The molecule has 0 bridgehead atoms. The predicted octanol–water partition coefficient (Wildman–Crippen LogP) is 4.56. The van der Waals surface area contributed by atoms with Crippen molar-refractivity contribution < 1.29 is 31.5 Å². The van der Waals surface area contributed by atoms with E-state index in [4.69, 9.17) is 0 Å². The molecule has 1 N–H and O–H groups in total. The normalized spacial score (nSPS) is 15.4. The summed E-state index contributed by atoms with van der Waals surface area (Å²) in [6, 6.07) is 7.92. The van der Waals surface area contributed by atoms with Crippen molar-refractivity contribution in [2.24, 2.45) is 5.92 Å². The molecule has 1 aromatic heterocycles. The Morgan fingerprint density at radius 3 is 2.28 bits per heavy atom. The lowest BCUT2D eigenvalue weighted by atomic mass is 9.95. The number of nitrogens with zero attached hydrogens (tertiary/aromatic N) is 2. The van der Waals surface area contributed by atoms with Gasteiger partial charge in [0.05, 0.1) is 5.56 Å². The molecule has 1 aromatic carbocycles. The SMILES string of the molecule is O=C(Nc1ccc(OC(F)F)cc1)C1CCN(c2ccc(C(F)(F)F)cn2)CC1. The molecule has 1 saturated heterocycles. The molecule has 2 aromatic rings. The number of aromatic nitrogens is 1. The van der Waals surface area contributed by atoms with Gasteiger partial charge in [0.25, 0.3) is 0 Å². The maximum atomic E-state index is 12.6. The highest BCUT2D eigenvalue weighted by atomic mass is 19.4. The van der Waals surface area contributed by atoms with Crippen molar-refractivity contribution in [2.75, 3.05) is 23.3 Å². The molecule has 2 heterocycles. The van der Waals surface area contributed by atoms with Crippen LogP contribution >= 0.6 is 0 Å². The molecule has 1 fully saturated rings. The van der Waals surface area contributed by atoms with Gasteiger partial charge in [-0.05, 0) is 49.2 Å². The number of hydrogen-bond acceptors (Lipinski definition) is 4. The van der Waals surface area contributed by atoms with Crippen molar-refractivity contribution in [2.45, 2.75) is 25.6 Å². The lowest BCUT2D eigenvalue weighted by Gasteiger charge is -2.32. The van der Waals surface area contributed by atoms with Crippen molar-refractivity contribution in [3.05, 3.63) is 48.2 Å². The lowest BCUT2D eigenvalue weighted by molar-refractivity contribution is -0.137. The highest BCUT2D eigenvalue weighted by molar-refractivity contribution is 5.92. The highest BCUT2D eigenvalue weighted by Crippen LogP contribution is 2.30. The number of hydrogen-bond donors (Lipinski definition) is 1. The number of piperidine rings is 1. The summed E-state index contributed by atoms with van der Waals surface area (Å²) < 4.78 is 66.4. The van der Waals surface area contributed by atoms with E-state index in [9.17, 15) is 26.7 Å². The van der Waals surface area contributed by atoms with Gasteiger partial charge in [0, 0.05) is 30.9 Å². The third kappa shape index (κ3) is 5.55. The summed E-state index contributed by atoms with van der Waals surface area (Å²) in [4.78, 5) is 18.1. The number of rotatable bonds is 5. The molecular formula is C19H18F5N3O2. The van der Waals surface area contributed by atoms with Crippen LogP contribution in [0.2, 0.25) is 0 Å². The van der Waals surface area contributed by atoms with Gasteiger partial charge in [-0.2, -0.15) is 22.0 Å². The monoisotopic (exact) mass is 415 g/mol. The quantitative estimate of drug-likeness (QED) is 0.728. The van der Waals surface area contributed by atoms with E-state index in [2.05, 4.69) is 15.0 Å². The average molecular weight is 415 g/mol. The van der Waals surface area contributed by atoms with Crippen LogP contribution in [0.5, 0.6) is 5.75 Å². The van der Waals surface area contributed by atoms with E-state index in [1.165, 1.54) is 30.3 Å². The molecule has 0 unspecified atom stereocenters. The van der Waals surface area contributed by atoms with Gasteiger partial charge in [0.2, 0.25) is 5.91 Å². The van der Waals surface area contributed by atoms with E-state index in [1.807, 2.05) is 4.90 Å². The topological polar surface area (TPSA) is 54.5 Å². The third-order valence-corrected chi connectivity index (χ3v) is 4.61. The Kier molecular flexibility index (Phi) is 6.19. The van der Waals surface area contributed by atoms with Crippen LogP contribution in [0.1, 0.15) is 18.4 Å². The minimum Gasteiger partial charge on any atom is -0.435 e. The van der Waals surface area contributed by atoms with E-state index >= 15 is 0 Å². The minimum absolute atomic E-state index is 0.00431. The predicted molar refractivity (Wildman–Crippen MR) is 95.9 cm³/mol. The summed E-state index contributed by atoms with van der Waals surface area (Å²) in [5.41, 5.74) is -0.344. The molecule has 0 aliphatic carbocycles. The van der Waals surface area contributed by atoms with E-state index in [0.717, 1.165) is 12.3 Å². The minimum atomic E-state index is -4.43. The van der Waals surface area contributed by atoms with Crippen LogP contribution in [0.25, 0.3) is 0 Å². The fraction of sp³-hybridized carbons (Fsp3) is 0.368. The Balaban J connectivity index is 1.51. The van der Waals surface area contributed by atoms with Crippen molar-refractivity contribution >= 4 is 17.4 Å². The molecule has 0 spiro atoms. The number of anilines is 2. The second kappa shape index (κ2) is 8.62. The summed E-state index contributed by atoms with van der Waals surface area (Å²) in [6.45, 7) is -1.95.